The van der Waals surface area contributed by atoms with Gasteiger partial charge in [-0.25, -0.2) is 4.98 Å². The predicted molar refractivity (Wildman–Crippen MR) is 97.8 cm³/mol. The molecule has 26 heavy (non-hydrogen) atoms. The highest BCUT2D eigenvalue weighted by Gasteiger charge is 2.12. The van der Waals surface area contributed by atoms with Crippen molar-refractivity contribution in [2.45, 2.75) is 25.2 Å². The van der Waals surface area contributed by atoms with Gasteiger partial charge in [-0.2, -0.15) is 8.78 Å². The average molecular weight is 377 g/mol. The molecule has 0 aliphatic rings. The number of nitrogens with zero attached hydrogens (tertiary/aromatic N) is 2. The first kappa shape index (κ1) is 18.2. The van der Waals surface area contributed by atoms with Gasteiger partial charge in [-0.15, -0.1) is 0 Å². The van der Waals surface area contributed by atoms with Crippen molar-refractivity contribution in [1.29, 1.82) is 0 Å². The first-order chi connectivity index (χ1) is 12.6. The molecule has 1 aromatic heterocycles. The summed E-state index contributed by atoms with van der Waals surface area (Å²) in [4.78, 5) is 16.7. The molecule has 0 saturated heterocycles. The van der Waals surface area contributed by atoms with Crippen LogP contribution in [0.4, 0.5) is 14.5 Å². The number of benzene rings is 2. The first-order valence-electron chi connectivity index (χ1n) is 7.99. The average Bonchev–Trinajstić information content (AvgIpc) is 2.98. The number of nitrogens with one attached hydrogen (secondary N) is 1. The van der Waals surface area contributed by atoms with Gasteiger partial charge in [0.05, 0.1) is 16.8 Å². The van der Waals surface area contributed by atoms with Gasteiger partial charge in [-0.3, -0.25) is 4.79 Å². The number of imidazole rings is 1. The molecule has 0 aliphatic heterocycles. The summed E-state index contributed by atoms with van der Waals surface area (Å²) in [6.45, 7) is -0.0817. The van der Waals surface area contributed by atoms with Crippen LogP contribution < -0.4 is 10.1 Å². The van der Waals surface area contributed by atoms with E-state index in [1.54, 1.807) is 0 Å². The number of amides is 1. The third kappa shape index (κ3) is 4.32. The Morgan fingerprint density at radius 1 is 1.23 bits per heavy atom. The van der Waals surface area contributed by atoms with Crippen LogP contribution in [-0.2, 0) is 11.3 Å². The van der Waals surface area contributed by atoms with Gasteiger partial charge in [0.1, 0.15) is 5.75 Å². The van der Waals surface area contributed by atoms with E-state index >= 15 is 0 Å². The molecule has 0 unspecified atom stereocenters. The second kappa shape index (κ2) is 8.18. The van der Waals surface area contributed by atoms with E-state index in [9.17, 15) is 13.6 Å². The van der Waals surface area contributed by atoms with Crippen LogP contribution in [-0.4, -0.2) is 27.8 Å². The lowest BCUT2D eigenvalue weighted by molar-refractivity contribution is -0.113. The van der Waals surface area contributed by atoms with E-state index in [0.717, 1.165) is 22.7 Å². The molecule has 1 N–H and O–H groups in total. The molecular weight excluding hydrogens is 360 g/mol. The molecule has 0 fully saturated rings. The number of halogens is 2. The second-order valence-corrected chi connectivity index (χ2v) is 6.31. The molecule has 3 rings (SSSR count). The van der Waals surface area contributed by atoms with E-state index in [-0.39, 0.29) is 17.4 Å². The highest BCUT2D eigenvalue weighted by atomic mass is 32.2. The summed E-state index contributed by atoms with van der Waals surface area (Å²) >= 11 is 1.35. The number of ether oxygens (including phenoxy) is 1. The van der Waals surface area contributed by atoms with Crippen LogP contribution in [0.1, 0.15) is 6.92 Å². The molecule has 0 bridgehead atoms. The smallest absolute Gasteiger partial charge is 0.387 e. The zero-order chi connectivity index (χ0) is 18.5. The van der Waals surface area contributed by atoms with E-state index in [4.69, 9.17) is 0 Å². The number of aromatic nitrogens is 2. The minimum absolute atomic E-state index is 0.0454. The fourth-order valence-electron chi connectivity index (χ4n) is 2.52. The summed E-state index contributed by atoms with van der Waals surface area (Å²) < 4.78 is 30.6. The van der Waals surface area contributed by atoms with Crippen LogP contribution in [0, 0.1) is 0 Å². The molecule has 0 atom stereocenters. The third-order valence-electron chi connectivity index (χ3n) is 3.63. The Balaban J connectivity index is 1.61. The molecule has 0 saturated carbocycles. The van der Waals surface area contributed by atoms with Crippen LogP contribution in [0.2, 0.25) is 0 Å². The van der Waals surface area contributed by atoms with Crippen LogP contribution in [0.3, 0.4) is 0 Å². The van der Waals surface area contributed by atoms with Crippen molar-refractivity contribution in [3.05, 3.63) is 48.5 Å². The summed E-state index contributed by atoms with van der Waals surface area (Å²) in [5, 5.41) is 3.51. The molecule has 8 heteroatoms. The number of thioether (sulfide) groups is 1. The summed E-state index contributed by atoms with van der Waals surface area (Å²) in [7, 11) is 0. The molecule has 1 heterocycles. The lowest BCUT2D eigenvalue weighted by Crippen LogP contribution is -2.14. The lowest BCUT2D eigenvalue weighted by atomic mass is 10.3. The van der Waals surface area contributed by atoms with Crippen molar-refractivity contribution in [2.24, 2.45) is 0 Å². The number of aryl methyl sites for hydroxylation is 1. The van der Waals surface area contributed by atoms with E-state index in [1.807, 2.05) is 31.2 Å². The van der Waals surface area contributed by atoms with Gasteiger partial charge in [0.15, 0.2) is 5.16 Å². The number of hydrogen-bond donors (Lipinski definition) is 1. The number of rotatable bonds is 7. The van der Waals surface area contributed by atoms with Crippen molar-refractivity contribution in [1.82, 2.24) is 9.55 Å². The van der Waals surface area contributed by atoms with Crippen molar-refractivity contribution >= 4 is 34.4 Å². The largest absolute Gasteiger partial charge is 0.435 e. The van der Waals surface area contributed by atoms with Crippen LogP contribution in [0.5, 0.6) is 5.75 Å². The van der Waals surface area contributed by atoms with Crippen molar-refractivity contribution in [2.75, 3.05) is 11.1 Å². The van der Waals surface area contributed by atoms with Crippen molar-refractivity contribution in [3.63, 3.8) is 0 Å². The quantitative estimate of drug-likeness (QED) is 0.621. The van der Waals surface area contributed by atoms with Gasteiger partial charge in [-0.05, 0) is 43.3 Å². The zero-order valence-corrected chi connectivity index (χ0v) is 14.8. The molecular formula is C18H17F2N3O2S. The first-order valence-corrected chi connectivity index (χ1v) is 8.98. The Labute approximate surface area is 153 Å². The van der Waals surface area contributed by atoms with Gasteiger partial charge in [0, 0.05) is 12.2 Å². The van der Waals surface area contributed by atoms with E-state index in [2.05, 4.69) is 19.6 Å². The number of hydrogen-bond acceptors (Lipinski definition) is 4. The zero-order valence-electron chi connectivity index (χ0n) is 14.0. The number of para-hydroxylation sites is 2. The number of anilines is 1. The van der Waals surface area contributed by atoms with E-state index < -0.39 is 6.61 Å². The Bertz CT molecular complexity index is 897. The Hall–Kier alpha value is -2.61. The Morgan fingerprint density at radius 2 is 1.96 bits per heavy atom. The molecule has 136 valence electrons. The summed E-state index contributed by atoms with van der Waals surface area (Å²) in [6, 6.07) is 13.6. The number of carbonyl (C=O) groups is 1. The molecule has 0 aliphatic carbocycles. The lowest BCUT2D eigenvalue weighted by Gasteiger charge is -2.08. The predicted octanol–water partition coefficient (Wildman–Crippen LogP) is 4.39. The summed E-state index contributed by atoms with van der Waals surface area (Å²) in [5.41, 5.74) is 2.45. The van der Waals surface area contributed by atoms with Gasteiger partial charge >= 0.3 is 6.61 Å². The minimum Gasteiger partial charge on any atom is -0.435 e. The highest BCUT2D eigenvalue weighted by molar-refractivity contribution is 7.99. The SMILES string of the molecule is CCn1c(SCC(=O)Nc2ccc(OC(F)F)cc2)nc2ccccc21. The number of carbonyl (C=O) groups excluding carboxylic acids is 1. The molecule has 0 spiro atoms. The minimum atomic E-state index is -2.87. The maximum absolute atomic E-state index is 12.1. The van der Waals surface area contributed by atoms with Gasteiger partial charge in [-0.1, -0.05) is 23.9 Å². The standard InChI is InChI=1S/C18H17F2N3O2S/c1-2-23-15-6-4-3-5-14(15)22-18(23)26-11-16(24)21-12-7-9-13(10-8-12)25-17(19)20/h3-10,17H,2,11H2,1H3,(H,21,24). The van der Waals surface area contributed by atoms with Crippen LogP contribution >= 0.6 is 11.8 Å². The van der Waals surface area contributed by atoms with Crippen molar-refractivity contribution < 1.29 is 18.3 Å². The fraction of sp³-hybridized carbons (Fsp3) is 0.222. The van der Waals surface area contributed by atoms with Gasteiger partial charge < -0.3 is 14.6 Å². The monoisotopic (exact) mass is 377 g/mol. The summed E-state index contributed by atoms with van der Waals surface area (Å²) in [5.74, 6) is 0.0368. The highest BCUT2D eigenvalue weighted by Crippen LogP contribution is 2.24. The topological polar surface area (TPSA) is 56.2 Å². The Morgan fingerprint density at radius 3 is 2.65 bits per heavy atom. The second-order valence-electron chi connectivity index (χ2n) is 5.37. The summed E-state index contributed by atoms with van der Waals surface area (Å²) in [6.07, 6.45) is 0. The Kier molecular flexibility index (Phi) is 5.72. The molecule has 5 nitrogen and oxygen atoms in total. The van der Waals surface area contributed by atoms with Crippen LogP contribution in [0.25, 0.3) is 11.0 Å². The van der Waals surface area contributed by atoms with E-state index in [0.29, 0.717) is 5.69 Å². The van der Waals surface area contributed by atoms with Gasteiger partial charge in [0.2, 0.25) is 5.91 Å². The maximum atomic E-state index is 12.1. The molecule has 2 aromatic carbocycles. The van der Waals surface area contributed by atoms with E-state index in [1.165, 1.54) is 36.0 Å². The molecule has 0 radical (unpaired) electrons. The van der Waals surface area contributed by atoms with Crippen molar-refractivity contribution in [3.8, 4) is 5.75 Å². The molecule has 1 amide bonds. The molecule has 3 aromatic rings. The number of fused-ring (bicyclic) bond motifs is 1. The third-order valence-corrected chi connectivity index (χ3v) is 4.61. The van der Waals surface area contributed by atoms with Gasteiger partial charge in [0.25, 0.3) is 0 Å². The van der Waals surface area contributed by atoms with Crippen LogP contribution in [0.15, 0.2) is 53.7 Å². The fourth-order valence-corrected chi connectivity index (χ4v) is 3.39. The maximum Gasteiger partial charge on any atom is 0.387 e. The number of alkyl halides is 2. The normalized spacial score (nSPS) is 11.1.